The number of pyridine rings is 2. The van der Waals surface area contributed by atoms with Crippen LogP contribution in [0.1, 0.15) is 62.6 Å². The lowest BCUT2D eigenvalue weighted by molar-refractivity contribution is -0.137. The van der Waals surface area contributed by atoms with Crippen LogP contribution in [0.15, 0.2) is 54.9 Å². The summed E-state index contributed by atoms with van der Waals surface area (Å²) >= 11 is 0. The molecule has 6 nitrogen and oxygen atoms in total. The van der Waals surface area contributed by atoms with Gasteiger partial charge in [-0.25, -0.2) is 4.98 Å². The lowest BCUT2D eigenvalue weighted by Crippen LogP contribution is -2.11. The number of carboxylic acid groups (broad SMARTS) is 1. The van der Waals surface area contributed by atoms with Gasteiger partial charge in [0.15, 0.2) is 0 Å². The van der Waals surface area contributed by atoms with E-state index < -0.39 is 5.97 Å². The normalized spacial score (nSPS) is 14.4. The SMILES string of the molecule is COc1ccc(-c2ncc(OCc3cccc(C(CC(=O)O)C4CC4)c3)cc2CC(C)(C)C)cn1. The standard InChI is InChI=1S/C29H34N2O4/c1-29(2,3)15-23-13-24(17-31-28(23)22-10-11-26(34-4)30-16-22)35-18-19-6-5-7-21(12-19)25(14-27(32)33)20-8-9-20/h5-7,10-13,16-17,20,25H,8-9,14-15,18H2,1-4H3,(H,32,33). The van der Waals surface area contributed by atoms with Crippen molar-refractivity contribution in [3.8, 4) is 22.9 Å². The van der Waals surface area contributed by atoms with Crippen molar-refractivity contribution in [3.63, 3.8) is 0 Å². The number of carbonyl (C=O) groups is 1. The van der Waals surface area contributed by atoms with Crippen molar-refractivity contribution in [2.45, 2.75) is 59.0 Å². The van der Waals surface area contributed by atoms with Gasteiger partial charge in [-0.15, -0.1) is 0 Å². The molecule has 2 aromatic heterocycles. The van der Waals surface area contributed by atoms with Crippen LogP contribution < -0.4 is 9.47 Å². The Morgan fingerprint density at radius 2 is 1.91 bits per heavy atom. The molecule has 4 rings (SSSR count). The predicted molar refractivity (Wildman–Crippen MR) is 136 cm³/mol. The second-order valence-electron chi connectivity index (χ2n) is 10.6. The molecule has 1 saturated carbocycles. The molecule has 1 atom stereocenters. The van der Waals surface area contributed by atoms with Crippen LogP contribution in [0.25, 0.3) is 11.3 Å². The van der Waals surface area contributed by atoms with Gasteiger partial charge in [-0.05, 0) is 65.3 Å². The fourth-order valence-corrected chi connectivity index (χ4v) is 4.50. The van der Waals surface area contributed by atoms with Crippen molar-refractivity contribution >= 4 is 5.97 Å². The topological polar surface area (TPSA) is 81.5 Å². The molecule has 1 fully saturated rings. The van der Waals surface area contributed by atoms with Crippen molar-refractivity contribution in [2.24, 2.45) is 11.3 Å². The lowest BCUT2D eigenvalue weighted by atomic mass is 9.86. The average Bonchev–Trinajstić information content (AvgIpc) is 3.66. The van der Waals surface area contributed by atoms with E-state index in [1.54, 1.807) is 19.5 Å². The van der Waals surface area contributed by atoms with Gasteiger partial charge in [0.25, 0.3) is 0 Å². The van der Waals surface area contributed by atoms with E-state index in [1.807, 2.05) is 30.3 Å². The summed E-state index contributed by atoms with van der Waals surface area (Å²) in [7, 11) is 1.60. The van der Waals surface area contributed by atoms with Crippen LogP contribution in [0.5, 0.6) is 11.6 Å². The molecule has 0 aliphatic heterocycles. The minimum Gasteiger partial charge on any atom is -0.487 e. The van der Waals surface area contributed by atoms with Gasteiger partial charge in [0.2, 0.25) is 5.88 Å². The van der Waals surface area contributed by atoms with Crippen LogP contribution >= 0.6 is 0 Å². The predicted octanol–water partition coefficient (Wildman–Crippen LogP) is 6.29. The van der Waals surface area contributed by atoms with Crippen molar-refractivity contribution < 1.29 is 19.4 Å². The van der Waals surface area contributed by atoms with Gasteiger partial charge >= 0.3 is 5.97 Å². The Hall–Kier alpha value is -3.41. The molecule has 1 aliphatic rings. The van der Waals surface area contributed by atoms with Crippen LogP contribution in [0, 0.1) is 11.3 Å². The van der Waals surface area contributed by atoms with Crippen LogP contribution in [-0.2, 0) is 17.8 Å². The zero-order valence-corrected chi connectivity index (χ0v) is 21.0. The third-order valence-corrected chi connectivity index (χ3v) is 6.25. The van der Waals surface area contributed by atoms with Crippen LogP contribution in [-0.4, -0.2) is 28.2 Å². The smallest absolute Gasteiger partial charge is 0.303 e. The molecule has 1 aromatic carbocycles. The van der Waals surface area contributed by atoms with E-state index in [-0.39, 0.29) is 17.8 Å². The molecule has 35 heavy (non-hydrogen) atoms. The third kappa shape index (κ3) is 6.81. The highest BCUT2D eigenvalue weighted by atomic mass is 16.5. The number of benzene rings is 1. The van der Waals surface area contributed by atoms with E-state index in [1.165, 1.54) is 0 Å². The number of ether oxygens (including phenoxy) is 2. The summed E-state index contributed by atoms with van der Waals surface area (Å²) in [6.07, 6.45) is 6.77. The monoisotopic (exact) mass is 474 g/mol. The first-order valence-corrected chi connectivity index (χ1v) is 12.1. The van der Waals surface area contributed by atoms with Gasteiger partial charge in [0.1, 0.15) is 12.4 Å². The molecule has 1 aliphatic carbocycles. The molecular formula is C29H34N2O4. The van der Waals surface area contributed by atoms with Gasteiger partial charge in [0.05, 0.1) is 25.4 Å². The Morgan fingerprint density at radius 3 is 2.54 bits per heavy atom. The van der Waals surface area contributed by atoms with E-state index in [9.17, 15) is 9.90 Å². The molecule has 0 spiro atoms. The van der Waals surface area contributed by atoms with E-state index >= 15 is 0 Å². The molecule has 3 aromatic rings. The van der Waals surface area contributed by atoms with Gasteiger partial charge in [0, 0.05) is 17.8 Å². The van der Waals surface area contributed by atoms with Gasteiger partial charge < -0.3 is 14.6 Å². The van der Waals surface area contributed by atoms with E-state index in [0.29, 0.717) is 24.2 Å². The third-order valence-electron chi connectivity index (χ3n) is 6.25. The van der Waals surface area contributed by atoms with E-state index in [2.05, 4.69) is 37.9 Å². The summed E-state index contributed by atoms with van der Waals surface area (Å²) in [5.74, 6) is 1.09. The maximum atomic E-state index is 11.4. The Bertz CT molecular complexity index is 1160. The van der Waals surface area contributed by atoms with Gasteiger partial charge in [-0.1, -0.05) is 45.0 Å². The fraction of sp³-hybridized carbons (Fsp3) is 0.414. The maximum Gasteiger partial charge on any atom is 0.303 e. The highest BCUT2D eigenvalue weighted by Crippen LogP contribution is 2.44. The molecule has 0 radical (unpaired) electrons. The molecule has 184 valence electrons. The molecule has 6 heteroatoms. The van der Waals surface area contributed by atoms with Crippen LogP contribution in [0.2, 0.25) is 0 Å². The summed E-state index contributed by atoms with van der Waals surface area (Å²) in [5.41, 5.74) is 5.13. The van der Waals surface area contributed by atoms with Crippen molar-refractivity contribution in [2.75, 3.05) is 7.11 Å². The zero-order valence-electron chi connectivity index (χ0n) is 21.0. The summed E-state index contributed by atoms with van der Waals surface area (Å²) in [6.45, 7) is 7.01. The molecule has 1 unspecified atom stereocenters. The number of rotatable bonds is 10. The van der Waals surface area contributed by atoms with Crippen molar-refractivity contribution in [3.05, 3.63) is 71.5 Å². The quantitative estimate of drug-likeness (QED) is 0.372. The van der Waals surface area contributed by atoms with Crippen LogP contribution in [0.4, 0.5) is 0 Å². The lowest BCUT2D eigenvalue weighted by Gasteiger charge is -2.21. The summed E-state index contributed by atoms with van der Waals surface area (Å²) < 4.78 is 11.3. The molecule has 2 heterocycles. The average molecular weight is 475 g/mol. The van der Waals surface area contributed by atoms with E-state index in [0.717, 1.165) is 47.2 Å². The Balaban J connectivity index is 1.53. The zero-order chi connectivity index (χ0) is 25.0. The van der Waals surface area contributed by atoms with Crippen molar-refractivity contribution in [1.29, 1.82) is 0 Å². The van der Waals surface area contributed by atoms with Gasteiger partial charge in [-0.2, -0.15) is 0 Å². The first kappa shape index (κ1) is 24.7. The number of aliphatic carboxylic acids is 1. The van der Waals surface area contributed by atoms with E-state index in [4.69, 9.17) is 14.5 Å². The molecular weight excluding hydrogens is 440 g/mol. The molecule has 1 N–H and O–H groups in total. The Morgan fingerprint density at radius 1 is 1.11 bits per heavy atom. The number of carboxylic acids is 1. The number of hydrogen-bond donors (Lipinski definition) is 1. The first-order chi connectivity index (χ1) is 16.7. The van der Waals surface area contributed by atoms with Crippen molar-refractivity contribution in [1.82, 2.24) is 9.97 Å². The number of hydrogen-bond acceptors (Lipinski definition) is 5. The van der Waals surface area contributed by atoms with Crippen LogP contribution in [0.3, 0.4) is 0 Å². The molecule has 0 bridgehead atoms. The fourth-order valence-electron chi connectivity index (χ4n) is 4.50. The largest absolute Gasteiger partial charge is 0.487 e. The summed E-state index contributed by atoms with van der Waals surface area (Å²) in [4.78, 5) is 20.4. The van der Waals surface area contributed by atoms with Gasteiger partial charge in [-0.3, -0.25) is 9.78 Å². The minimum absolute atomic E-state index is 0.0740. The molecule has 0 saturated heterocycles. The number of methoxy groups -OCH3 is 1. The minimum atomic E-state index is -0.742. The summed E-state index contributed by atoms with van der Waals surface area (Å²) in [5, 5.41) is 9.34. The first-order valence-electron chi connectivity index (χ1n) is 12.1. The maximum absolute atomic E-state index is 11.4. The summed E-state index contributed by atoms with van der Waals surface area (Å²) in [6, 6.07) is 14.0. The Kier molecular flexibility index (Phi) is 7.39. The second-order valence-corrected chi connectivity index (χ2v) is 10.6. The second kappa shape index (κ2) is 10.5. The highest BCUT2D eigenvalue weighted by Gasteiger charge is 2.33. The Labute approximate surface area is 207 Å². The number of nitrogens with zero attached hydrogens (tertiary/aromatic N) is 2. The highest BCUT2D eigenvalue weighted by molar-refractivity contribution is 5.68. The number of aromatic nitrogens is 2. The molecule has 0 amide bonds.